The van der Waals surface area contributed by atoms with Gasteiger partial charge in [0.15, 0.2) is 37.5 Å². The number of carbonyl (C=O) groups excluding carboxylic acids is 7. The van der Waals surface area contributed by atoms with Crippen molar-refractivity contribution in [3.63, 3.8) is 0 Å². The summed E-state index contributed by atoms with van der Waals surface area (Å²) in [5, 5.41) is 11.0. The van der Waals surface area contributed by atoms with Crippen molar-refractivity contribution in [3.8, 4) is 34.1 Å². The van der Waals surface area contributed by atoms with Crippen molar-refractivity contribution in [1.82, 2.24) is 20.4 Å². The lowest BCUT2D eigenvalue weighted by molar-refractivity contribution is -0.128. The van der Waals surface area contributed by atoms with E-state index in [1.54, 1.807) is 93.9 Å². The van der Waals surface area contributed by atoms with Crippen molar-refractivity contribution in [2.24, 2.45) is 5.92 Å². The summed E-state index contributed by atoms with van der Waals surface area (Å²) in [6.45, 7) is 22.2. The maximum Gasteiger partial charge on any atom is 0.417 e. The monoisotopic (exact) mass is 1290 g/mol. The number of rotatable bonds is 21. The molecule has 5 aromatic carbocycles. The minimum Gasteiger partial charge on any atom is -0.493 e. The van der Waals surface area contributed by atoms with Crippen LogP contribution in [0.15, 0.2) is 103 Å². The lowest BCUT2D eigenvalue weighted by Gasteiger charge is -2.44. The lowest BCUT2D eigenvalue weighted by Crippen LogP contribution is -2.58. The zero-order valence-electron chi connectivity index (χ0n) is 55.5. The van der Waals surface area contributed by atoms with Gasteiger partial charge < -0.3 is 63.9 Å². The normalized spacial score (nSPS) is 18.3. The fraction of sp³-hybridized carbons (Fsp3) is 0.451. The lowest BCUT2D eigenvalue weighted by atomic mass is 9.98. The highest BCUT2D eigenvalue weighted by molar-refractivity contribution is 6.74. The number of nitrogens with zero attached hydrogens (tertiary/aromatic N) is 3. The van der Waals surface area contributed by atoms with E-state index in [-0.39, 0.29) is 65.3 Å². The van der Waals surface area contributed by atoms with Crippen molar-refractivity contribution in [2.45, 2.75) is 161 Å². The fourth-order valence-electron chi connectivity index (χ4n) is 12.2. The smallest absolute Gasteiger partial charge is 0.417 e. The minimum atomic E-state index is -2.78. The van der Waals surface area contributed by atoms with Crippen LogP contribution in [0.4, 0.5) is 26.7 Å². The number of fused-ring (bicyclic) bond motifs is 7. The zero-order chi connectivity index (χ0) is 66.8. The van der Waals surface area contributed by atoms with Crippen LogP contribution in [0.2, 0.25) is 18.1 Å². The molecular weight excluding hydrogens is 1200 g/mol. The van der Waals surface area contributed by atoms with E-state index >= 15 is 4.79 Å². The standard InChI is InChI=1S/C71H87N7O14Si/c1-41(2)61(75-68(84)90-40-52-48-24-17-15-22-46(48)47-23-16-18-25-49(47)52)64(81)72-42(3)62(79)73-45-29-27-43(28-30-45)44-34-56-67(92-93(12,13)71(7,8)9)78(69(85)91-70(4,5)6)55-38-60(58(87-11)36-51(55)66(83)77(56)39-44)89-33-20-14-19-32-88-59-37-53-50(35-57(59)86-10)65(82)76-31-21-26-54(76)63(80)74-53/h15-18,22-25,27-30,35-39,41-42,52,54,56,61,67H,14,19-21,26,31-34,40H2,1-13H3,(H,72,81)(H,73,79)(H,74,80)(H,75,84)/t42-,54-,56-,61-,67-/m0/s1. The number of alkyl carbamates (subject to hydrolysis) is 1. The molecule has 5 aliphatic rings. The molecule has 4 heterocycles. The van der Waals surface area contributed by atoms with Gasteiger partial charge in [-0.25, -0.2) is 14.5 Å². The molecule has 22 heteroatoms. The second-order valence-electron chi connectivity index (χ2n) is 27.2. The first-order valence-corrected chi connectivity index (χ1v) is 35.0. The Labute approximate surface area is 545 Å². The summed E-state index contributed by atoms with van der Waals surface area (Å²) in [4.78, 5) is 102. The molecule has 0 unspecified atom stereocenters. The Balaban J connectivity index is 0.810. The molecule has 4 aliphatic heterocycles. The Bertz CT molecular complexity index is 3680. The molecule has 0 aromatic heterocycles. The van der Waals surface area contributed by atoms with Crippen molar-refractivity contribution < 1.29 is 66.4 Å². The summed E-state index contributed by atoms with van der Waals surface area (Å²) in [6.07, 6.45) is 2.84. The van der Waals surface area contributed by atoms with Gasteiger partial charge in [-0.15, -0.1) is 0 Å². The van der Waals surface area contributed by atoms with Gasteiger partial charge in [0.05, 0.1) is 56.0 Å². The van der Waals surface area contributed by atoms with E-state index in [2.05, 4.69) is 67.3 Å². The number of amides is 7. The molecule has 0 bridgehead atoms. The maximum absolute atomic E-state index is 15.3. The van der Waals surface area contributed by atoms with E-state index in [0.29, 0.717) is 73.0 Å². The average Bonchev–Trinajstić information content (AvgIpc) is 1.63. The van der Waals surface area contributed by atoms with Gasteiger partial charge in [-0.2, -0.15) is 0 Å². The molecule has 21 nitrogen and oxygen atoms in total. The molecule has 5 aromatic rings. The minimum absolute atomic E-state index is 0.0783. The van der Waals surface area contributed by atoms with Crippen molar-refractivity contribution in [1.29, 1.82) is 0 Å². The number of benzene rings is 5. The first kappa shape index (κ1) is 67.0. The molecule has 4 N–H and O–H groups in total. The number of carbonyl (C=O) groups is 7. The van der Waals surface area contributed by atoms with Crippen LogP contribution >= 0.6 is 0 Å². The molecule has 0 radical (unpaired) electrons. The number of anilines is 3. The highest BCUT2D eigenvalue weighted by atomic mass is 28.4. The van der Waals surface area contributed by atoms with Crippen molar-refractivity contribution >= 4 is 72.7 Å². The molecule has 0 spiro atoms. The van der Waals surface area contributed by atoms with Crippen LogP contribution in [0.5, 0.6) is 23.0 Å². The summed E-state index contributed by atoms with van der Waals surface area (Å²) in [6, 6.07) is 26.5. The molecule has 0 saturated carbocycles. The second kappa shape index (κ2) is 27.4. The second-order valence-corrected chi connectivity index (χ2v) is 32.0. The zero-order valence-corrected chi connectivity index (χ0v) is 56.5. The van der Waals surface area contributed by atoms with E-state index in [1.165, 1.54) is 19.1 Å². The molecule has 1 saturated heterocycles. The Morgan fingerprint density at radius 2 is 1.32 bits per heavy atom. The van der Waals surface area contributed by atoms with E-state index in [4.69, 9.17) is 32.8 Å². The van der Waals surface area contributed by atoms with Crippen LogP contribution in [-0.2, 0) is 28.3 Å². The Morgan fingerprint density at radius 1 is 0.710 bits per heavy atom. The van der Waals surface area contributed by atoms with Crippen LogP contribution in [-0.4, -0.2) is 136 Å². The molecule has 10 rings (SSSR count). The molecule has 5 atom stereocenters. The quantitative estimate of drug-likeness (QED) is 0.0395. The molecule has 494 valence electrons. The van der Waals surface area contributed by atoms with Gasteiger partial charge in [-0.05, 0) is 148 Å². The summed E-state index contributed by atoms with van der Waals surface area (Å²) in [7, 11) is 0.216. The van der Waals surface area contributed by atoms with Gasteiger partial charge in [0.25, 0.3) is 11.8 Å². The summed E-state index contributed by atoms with van der Waals surface area (Å²) in [5.74, 6) is -1.01. The Morgan fingerprint density at radius 3 is 1.92 bits per heavy atom. The van der Waals surface area contributed by atoms with E-state index < -0.39 is 74.2 Å². The number of methoxy groups -OCH3 is 2. The molecule has 93 heavy (non-hydrogen) atoms. The number of ether oxygens (including phenoxy) is 6. The van der Waals surface area contributed by atoms with Gasteiger partial charge in [-0.1, -0.05) is 95.3 Å². The molecule has 1 aliphatic carbocycles. The number of unbranched alkanes of at least 4 members (excludes halogenated alkanes) is 2. The largest absolute Gasteiger partial charge is 0.493 e. The van der Waals surface area contributed by atoms with Crippen LogP contribution in [0.3, 0.4) is 0 Å². The molecule has 1 fully saturated rings. The highest BCUT2D eigenvalue weighted by Crippen LogP contribution is 2.48. The SMILES string of the molecule is COc1cc2c(cc1OCCCCCOc1cc3c(cc1OC)C(=O)N1C=C(c4ccc(NC(=O)[C@H](C)NC(=O)[C@@H](NC(=O)OCC5c6ccccc6-c6ccccc65)C(C)C)cc4)C[C@H]1[C@H](O[Si](C)(C)C(C)(C)C)N3C(=O)OC(C)(C)C)NC(=O)[C@@H]1CCCN1C2=O. The van der Waals surface area contributed by atoms with Crippen molar-refractivity contribution in [3.05, 3.63) is 131 Å². The first-order chi connectivity index (χ1) is 44.2. The van der Waals surface area contributed by atoms with Crippen molar-refractivity contribution in [2.75, 3.05) is 56.1 Å². The number of hydrogen-bond donors (Lipinski definition) is 4. The van der Waals surface area contributed by atoms with Crippen LogP contribution in [0, 0.1) is 5.92 Å². The van der Waals surface area contributed by atoms with E-state index in [0.717, 1.165) is 39.8 Å². The predicted octanol–water partition coefficient (Wildman–Crippen LogP) is 12.3. The molecular formula is C71H87N7O14Si. The topological polar surface area (TPSA) is 242 Å². The Kier molecular flexibility index (Phi) is 19.7. The van der Waals surface area contributed by atoms with Crippen LogP contribution < -0.4 is 45.1 Å². The summed E-state index contributed by atoms with van der Waals surface area (Å²) >= 11 is 0. The van der Waals surface area contributed by atoms with Gasteiger partial charge in [0.2, 0.25) is 17.7 Å². The third-order valence-corrected chi connectivity index (χ3v) is 22.7. The number of nitrogens with one attached hydrogen (secondary N) is 4. The Hall–Kier alpha value is -8.89. The summed E-state index contributed by atoms with van der Waals surface area (Å²) < 4.78 is 43.4. The third-order valence-electron chi connectivity index (χ3n) is 18.2. The van der Waals surface area contributed by atoms with Gasteiger partial charge in [0.1, 0.15) is 30.3 Å². The van der Waals surface area contributed by atoms with Crippen LogP contribution in [0.25, 0.3) is 16.7 Å². The first-order valence-electron chi connectivity index (χ1n) is 32.0. The molecule has 7 amide bonds. The highest BCUT2D eigenvalue weighted by Gasteiger charge is 2.52. The van der Waals surface area contributed by atoms with Gasteiger partial charge >= 0.3 is 12.2 Å². The van der Waals surface area contributed by atoms with E-state index in [1.807, 2.05) is 48.5 Å². The maximum atomic E-state index is 15.3. The van der Waals surface area contributed by atoms with Gasteiger partial charge in [0, 0.05) is 36.5 Å². The third kappa shape index (κ3) is 14.4. The number of hydrogen-bond acceptors (Lipinski definition) is 14. The predicted molar refractivity (Wildman–Crippen MR) is 356 cm³/mol. The van der Waals surface area contributed by atoms with E-state index in [9.17, 15) is 28.8 Å². The summed E-state index contributed by atoms with van der Waals surface area (Å²) in [5.41, 5.74) is 6.49. The van der Waals surface area contributed by atoms with Crippen LogP contribution in [0.1, 0.15) is 144 Å². The van der Waals surface area contributed by atoms with Gasteiger partial charge in [-0.3, -0.25) is 24.0 Å². The fourth-order valence-corrected chi connectivity index (χ4v) is 13.5. The average molecular weight is 1290 g/mol.